The Morgan fingerprint density at radius 2 is 1.67 bits per heavy atom. The summed E-state index contributed by atoms with van der Waals surface area (Å²) in [5.41, 5.74) is 0.734. The zero-order valence-electron chi connectivity index (χ0n) is 9.97. The van der Waals surface area contributed by atoms with E-state index in [1.54, 1.807) is 43.3 Å². The van der Waals surface area contributed by atoms with Crippen molar-refractivity contribution >= 4 is 5.97 Å². The fourth-order valence-corrected chi connectivity index (χ4v) is 1.58. The number of hydrogen-bond donors (Lipinski definition) is 0. The highest BCUT2D eigenvalue weighted by atomic mass is 19.1. The molecule has 18 heavy (non-hydrogen) atoms. The van der Waals surface area contributed by atoms with Crippen molar-refractivity contribution in [2.45, 2.75) is 12.8 Å². The van der Waals surface area contributed by atoms with Gasteiger partial charge in [0.2, 0.25) is 0 Å². The number of esters is 1. The predicted octanol–water partition coefficient (Wildman–Crippen LogP) is 3.53. The van der Waals surface area contributed by atoms with E-state index >= 15 is 0 Å². The van der Waals surface area contributed by atoms with Crippen molar-refractivity contribution in [1.29, 1.82) is 0 Å². The molecule has 0 spiro atoms. The molecule has 0 aliphatic rings. The van der Waals surface area contributed by atoms with Gasteiger partial charge in [0.25, 0.3) is 0 Å². The van der Waals surface area contributed by atoms with Gasteiger partial charge in [0.05, 0.1) is 5.92 Å². The molecule has 0 bridgehead atoms. The first-order chi connectivity index (χ1) is 8.66. The van der Waals surface area contributed by atoms with E-state index in [9.17, 15) is 9.18 Å². The van der Waals surface area contributed by atoms with E-state index in [4.69, 9.17) is 4.74 Å². The molecule has 2 rings (SSSR count). The number of para-hydroxylation sites is 1. The lowest BCUT2D eigenvalue weighted by Crippen LogP contribution is -2.16. The Hall–Kier alpha value is -2.16. The van der Waals surface area contributed by atoms with E-state index in [1.165, 1.54) is 12.1 Å². The van der Waals surface area contributed by atoms with Crippen molar-refractivity contribution < 1.29 is 13.9 Å². The van der Waals surface area contributed by atoms with Crippen LogP contribution in [0.25, 0.3) is 0 Å². The van der Waals surface area contributed by atoms with Crippen molar-refractivity contribution in [3.05, 3.63) is 66.0 Å². The molecule has 0 aliphatic carbocycles. The Morgan fingerprint density at radius 1 is 1.06 bits per heavy atom. The van der Waals surface area contributed by atoms with Crippen LogP contribution in [-0.4, -0.2) is 5.97 Å². The standard InChI is InChI=1S/C15H13FO2/c1-11(12-7-9-13(16)10-8-12)15(17)18-14-5-3-2-4-6-14/h2-11H,1H3/t11-/m1/s1. The smallest absolute Gasteiger partial charge is 0.318 e. The molecule has 0 heterocycles. The summed E-state index contributed by atoms with van der Waals surface area (Å²) in [5, 5.41) is 0. The highest BCUT2D eigenvalue weighted by Crippen LogP contribution is 2.19. The monoisotopic (exact) mass is 244 g/mol. The first-order valence-electron chi connectivity index (χ1n) is 5.69. The van der Waals surface area contributed by atoms with Gasteiger partial charge in [0.1, 0.15) is 11.6 Å². The Morgan fingerprint density at radius 3 is 2.28 bits per heavy atom. The zero-order chi connectivity index (χ0) is 13.0. The summed E-state index contributed by atoms with van der Waals surface area (Å²) in [6.07, 6.45) is 0. The second kappa shape index (κ2) is 5.45. The van der Waals surface area contributed by atoms with Crippen LogP contribution in [0, 0.1) is 5.82 Å². The number of benzene rings is 2. The molecular formula is C15H13FO2. The van der Waals surface area contributed by atoms with Gasteiger partial charge in [-0.3, -0.25) is 4.79 Å². The van der Waals surface area contributed by atoms with E-state index in [1.807, 2.05) is 6.07 Å². The summed E-state index contributed by atoms with van der Waals surface area (Å²) in [7, 11) is 0. The van der Waals surface area contributed by atoms with Crippen molar-refractivity contribution in [2.24, 2.45) is 0 Å². The van der Waals surface area contributed by atoms with Crippen LogP contribution in [0.5, 0.6) is 5.75 Å². The molecule has 0 saturated carbocycles. The van der Waals surface area contributed by atoms with Crippen LogP contribution in [0.4, 0.5) is 4.39 Å². The van der Waals surface area contributed by atoms with Crippen molar-refractivity contribution in [3.8, 4) is 5.75 Å². The normalized spacial score (nSPS) is 11.9. The Bertz CT molecular complexity index is 520. The summed E-state index contributed by atoms with van der Waals surface area (Å²) >= 11 is 0. The minimum absolute atomic E-state index is 0.317. The number of carbonyl (C=O) groups is 1. The zero-order valence-corrected chi connectivity index (χ0v) is 9.97. The third-order valence-electron chi connectivity index (χ3n) is 2.69. The Kier molecular flexibility index (Phi) is 3.72. The molecule has 0 radical (unpaired) electrons. The molecule has 92 valence electrons. The van der Waals surface area contributed by atoms with Gasteiger partial charge in [0, 0.05) is 0 Å². The molecule has 2 aromatic carbocycles. The predicted molar refractivity (Wildman–Crippen MR) is 66.9 cm³/mol. The maximum absolute atomic E-state index is 12.8. The molecule has 2 nitrogen and oxygen atoms in total. The minimum Gasteiger partial charge on any atom is -0.426 e. The maximum atomic E-state index is 12.8. The van der Waals surface area contributed by atoms with Gasteiger partial charge in [-0.1, -0.05) is 30.3 Å². The van der Waals surface area contributed by atoms with Crippen LogP contribution in [0.15, 0.2) is 54.6 Å². The van der Waals surface area contributed by atoms with Crippen LogP contribution >= 0.6 is 0 Å². The SMILES string of the molecule is C[C@@H](C(=O)Oc1ccccc1)c1ccc(F)cc1. The molecule has 3 heteroatoms. The summed E-state index contributed by atoms with van der Waals surface area (Å²) < 4.78 is 18.0. The summed E-state index contributed by atoms with van der Waals surface area (Å²) in [4.78, 5) is 11.9. The first kappa shape index (κ1) is 12.3. The maximum Gasteiger partial charge on any atom is 0.318 e. The van der Waals surface area contributed by atoms with Crippen molar-refractivity contribution in [2.75, 3.05) is 0 Å². The van der Waals surface area contributed by atoms with Crippen LogP contribution in [0.2, 0.25) is 0 Å². The average Bonchev–Trinajstić information content (AvgIpc) is 2.40. The Balaban J connectivity index is 2.07. The number of carbonyl (C=O) groups excluding carboxylic acids is 1. The molecule has 0 saturated heterocycles. The molecule has 0 fully saturated rings. The molecule has 0 unspecified atom stereocenters. The second-order valence-corrected chi connectivity index (χ2v) is 4.01. The number of ether oxygens (including phenoxy) is 1. The third-order valence-corrected chi connectivity index (χ3v) is 2.69. The van der Waals surface area contributed by atoms with Crippen LogP contribution in [0.3, 0.4) is 0 Å². The molecule has 2 aromatic rings. The largest absolute Gasteiger partial charge is 0.426 e. The van der Waals surface area contributed by atoms with Gasteiger partial charge in [-0.2, -0.15) is 0 Å². The molecule has 1 atom stereocenters. The number of rotatable bonds is 3. The summed E-state index contributed by atoms with van der Waals surface area (Å²) in [6.45, 7) is 1.73. The fraction of sp³-hybridized carbons (Fsp3) is 0.133. The van der Waals surface area contributed by atoms with Crippen LogP contribution < -0.4 is 4.74 Å². The van der Waals surface area contributed by atoms with Gasteiger partial charge in [-0.25, -0.2) is 4.39 Å². The topological polar surface area (TPSA) is 26.3 Å². The van der Waals surface area contributed by atoms with Crippen molar-refractivity contribution in [3.63, 3.8) is 0 Å². The highest BCUT2D eigenvalue weighted by Gasteiger charge is 2.17. The fourth-order valence-electron chi connectivity index (χ4n) is 1.58. The molecule has 0 aromatic heterocycles. The average molecular weight is 244 g/mol. The summed E-state index contributed by atoms with van der Waals surface area (Å²) in [5.74, 6) is -0.586. The summed E-state index contributed by atoms with van der Waals surface area (Å²) in [6, 6.07) is 14.7. The second-order valence-electron chi connectivity index (χ2n) is 4.01. The van der Waals surface area contributed by atoms with E-state index in [2.05, 4.69) is 0 Å². The third kappa shape index (κ3) is 2.94. The van der Waals surface area contributed by atoms with Gasteiger partial charge >= 0.3 is 5.97 Å². The first-order valence-corrected chi connectivity index (χ1v) is 5.69. The number of hydrogen-bond acceptors (Lipinski definition) is 2. The minimum atomic E-state index is -0.425. The lowest BCUT2D eigenvalue weighted by atomic mass is 10.0. The van der Waals surface area contributed by atoms with E-state index in [-0.39, 0.29) is 11.8 Å². The van der Waals surface area contributed by atoms with Crippen LogP contribution in [-0.2, 0) is 4.79 Å². The van der Waals surface area contributed by atoms with Gasteiger partial charge < -0.3 is 4.74 Å². The van der Waals surface area contributed by atoms with Gasteiger partial charge in [-0.05, 0) is 36.8 Å². The lowest BCUT2D eigenvalue weighted by molar-refractivity contribution is -0.135. The van der Waals surface area contributed by atoms with E-state index in [0.29, 0.717) is 5.75 Å². The number of halogens is 1. The molecular weight excluding hydrogens is 231 g/mol. The quantitative estimate of drug-likeness (QED) is 0.609. The van der Waals surface area contributed by atoms with Gasteiger partial charge in [-0.15, -0.1) is 0 Å². The highest BCUT2D eigenvalue weighted by molar-refractivity contribution is 5.79. The van der Waals surface area contributed by atoms with Crippen LogP contribution in [0.1, 0.15) is 18.4 Å². The molecule has 0 aliphatic heterocycles. The van der Waals surface area contributed by atoms with Crippen molar-refractivity contribution in [1.82, 2.24) is 0 Å². The van der Waals surface area contributed by atoms with E-state index < -0.39 is 5.92 Å². The molecule has 0 N–H and O–H groups in total. The molecule has 0 amide bonds. The lowest BCUT2D eigenvalue weighted by Gasteiger charge is -2.11. The van der Waals surface area contributed by atoms with Gasteiger partial charge in [0.15, 0.2) is 0 Å². The Labute approximate surface area is 105 Å². The van der Waals surface area contributed by atoms with E-state index in [0.717, 1.165) is 5.56 Å².